The van der Waals surface area contributed by atoms with Gasteiger partial charge in [0.05, 0.1) is 17.7 Å². The molecule has 0 bridgehead atoms. The van der Waals surface area contributed by atoms with Crippen LogP contribution in [0, 0.1) is 0 Å². The number of piperazine rings is 1. The Morgan fingerprint density at radius 3 is 2.23 bits per heavy atom. The average Bonchev–Trinajstić information content (AvgIpc) is 3.03. The zero-order chi connectivity index (χ0) is 21.3. The normalized spacial score (nSPS) is 19.8. The molecule has 30 heavy (non-hydrogen) atoms. The number of hydrogen-bond donors (Lipinski definition) is 0. The summed E-state index contributed by atoms with van der Waals surface area (Å²) in [4.78, 5) is 55.2. The summed E-state index contributed by atoms with van der Waals surface area (Å²) in [6, 6.07) is 4.73. The van der Waals surface area contributed by atoms with Gasteiger partial charge in [0.25, 0.3) is 17.7 Å². The first-order valence-electron chi connectivity index (χ1n) is 10.7. The molecule has 4 rings (SSSR count). The van der Waals surface area contributed by atoms with Gasteiger partial charge in [-0.3, -0.25) is 19.3 Å². The minimum atomic E-state index is -0.367. The number of nitrogens with zero attached hydrogens (tertiary/aromatic N) is 3. The smallest absolute Gasteiger partial charge is 0.409 e. The van der Waals surface area contributed by atoms with Crippen molar-refractivity contribution < 1.29 is 23.9 Å². The van der Waals surface area contributed by atoms with Crippen molar-refractivity contribution in [3.8, 4) is 0 Å². The van der Waals surface area contributed by atoms with E-state index in [1.54, 1.807) is 34.9 Å². The maximum atomic E-state index is 13.0. The van der Waals surface area contributed by atoms with Gasteiger partial charge in [0, 0.05) is 37.8 Å². The van der Waals surface area contributed by atoms with Crippen LogP contribution in [0.4, 0.5) is 4.79 Å². The molecule has 4 amide bonds. The molecule has 0 aromatic heterocycles. The number of hydrogen-bond acceptors (Lipinski definition) is 5. The summed E-state index contributed by atoms with van der Waals surface area (Å²) >= 11 is 0. The van der Waals surface area contributed by atoms with Gasteiger partial charge < -0.3 is 14.5 Å². The van der Waals surface area contributed by atoms with Crippen LogP contribution in [0.15, 0.2) is 18.2 Å². The van der Waals surface area contributed by atoms with Crippen LogP contribution in [-0.4, -0.2) is 77.3 Å². The van der Waals surface area contributed by atoms with Gasteiger partial charge in [-0.25, -0.2) is 4.79 Å². The summed E-state index contributed by atoms with van der Waals surface area (Å²) in [5, 5.41) is 0. The van der Waals surface area contributed by atoms with Crippen LogP contribution in [0.2, 0.25) is 0 Å². The minimum absolute atomic E-state index is 0.0405. The van der Waals surface area contributed by atoms with E-state index in [9.17, 15) is 19.2 Å². The number of rotatable bonds is 3. The Morgan fingerprint density at radius 1 is 0.933 bits per heavy atom. The zero-order valence-corrected chi connectivity index (χ0v) is 17.3. The Balaban J connectivity index is 1.46. The summed E-state index contributed by atoms with van der Waals surface area (Å²) < 4.78 is 5.00. The van der Waals surface area contributed by atoms with Crippen LogP contribution in [0.5, 0.6) is 0 Å². The Hall–Kier alpha value is -2.90. The Morgan fingerprint density at radius 2 is 1.57 bits per heavy atom. The lowest BCUT2D eigenvalue weighted by molar-refractivity contribution is 0.0548. The fourth-order valence-electron chi connectivity index (χ4n) is 4.55. The van der Waals surface area contributed by atoms with Crippen LogP contribution in [0.1, 0.15) is 70.1 Å². The minimum Gasteiger partial charge on any atom is -0.450 e. The maximum absolute atomic E-state index is 13.0. The summed E-state index contributed by atoms with van der Waals surface area (Å²) in [7, 11) is 0. The monoisotopic (exact) mass is 413 g/mol. The van der Waals surface area contributed by atoms with E-state index in [0.717, 1.165) is 32.1 Å². The molecule has 0 unspecified atom stereocenters. The van der Waals surface area contributed by atoms with Gasteiger partial charge in [-0.05, 0) is 38.0 Å². The number of benzene rings is 1. The maximum Gasteiger partial charge on any atom is 0.409 e. The molecular weight excluding hydrogens is 386 g/mol. The third-order valence-electron chi connectivity index (χ3n) is 6.20. The lowest BCUT2D eigenvalue weighted by Crippen LogP contribution is -2.50. The van der Waals surface area contributed by atoms with Gasteiger partial charge in [0.15, 0.2) is 0 Å². The quantitative estimate of drug-likeness (QED) is 0.711. The van der Waals surface area contributed by atoms with Crippen molar-refractivity contribution in [3.63, 3.8) is 0 Å². The molecule has 160 valence electrons. The highest BCUT2D eigenvalue weighted by Crippen LogP contribution is 2.31. The fourth-order valence-corrected chi connectivity index (χ4v) is 4.55. The van der Waals surface area contributed by atoms with Crippen LogP contribution in [-0.2, 0) is 4.74 Å². The molecule has 2 heterocycles. The largest absolute Gasteiger partial charge is 0.450 e. The van der Waals surface area contributed by atoms with Gasteiger partial charge in [0.2, 0.25) is 0 Å². The molecule has 8 heteroatoms. The second-order valence-corrected chi connectivity index (χ2v) is 8.01. The van der Waals surface area contributed by atoms with E-state index in [0.29, 0.717) is 49.5 Å². The lowest BCUT2D eigenvalue weighted by atomic mass is 9.94. The van der Waals surface area contributed by atoms with Crippen molar-refractivity contribution in [2.75, 3.05) is 32.8 Å². The van der Waals surface area contributed by atoms with Crippen molar-refractivity contribution in [1.29, 1.82) is 0 Å². The third-order valence-corrected chi connectivity index (χ3v) is 6.20. The van der Waals surface area contributed by atoms with Crippen LogP contribution in [0.25, 0.3) is 0 Å². The molecule has 1 saturated carbocycles. The molecule has 0 atom stereocenters. The van der Waals surface area contributed by atoms with Crippen LogP contribution < -0.4 is 0 Å². The van der Waals surface area contributed by atoms with Gasteiger partial charge in [-0.2, -0.15) is 0 Å². The van der Waals surface area contributed by atoms with E-state index in [2.05, 4.69) is 0 Å². The molecule has 1 aromatic rings. The zero-order valence-electron chi connectivity index (χ0n) is 17.3. The van der Waals surface area contributed by atoms with E-state index in [-0.39, 0.29) is 29.9 Å². The van der Waals surface area contributed by atoms with E-state index in [1.165, 1.54) is 4.90 Å². The number of fused-ring (bicyclic) bond motifs is 1. The predicted octanol–water partition coefficient (Wildman–Crippen LogP) is 2.53. The van der Waals surface area contributed by atoms with Gasteiger partial charge >= 0.3 is 6.09 Å². The third kappa shape index (κ3) is 3.66. The highest BCUT2D eigenvalue weighted by molar-refractivity contribution is 6.22. The molecule has 8 nitrogen and oxygen atoms in total. The Kier molecular flexibility index (Phi) is 5.74. The van der Waals surface area contributed by atoms with Gasteiger partial charge in [-0.1, -0.05) is 19.3 Å². The lowest BCUT2D eigenvalue weighted by Gasteiger charge is -2.34. The highest BCUT2D eigenvalue weighted by atomic mass is 16.6. The van der Waals surface area contributed by atoms with E-state index in [1.807, 2.05) is 0 Å². The molecule has 3 aliphatic rings. The van der Waals surface area contributed by atoms with Crippen molar-refractivity contribution in [1.82, 2.24) is 14.7 Å². The van der Waals surface area contributed by atoms with Crippen molar-refractivity contribution in [2.45, 2.75) is 45.1 Å². The summed E-state index contributed by atoms with van der Waals surface area (Å²) in [5.41, 5.74) is 1.10. The first kappa shape index (κ1) is 20.4. The second-order valence-electron chi connectivity index (χ2n) is 8.01. The number of ether oxygens (including phenoxy) is 1. The molecule has 1 saturated heterocycles. The van der Waals surface area contributed by atoms with Crippen LogP contribution >= 0.6 is 0 Å². The molecule has 1 aromatic carbocycles. The summed E-state index contributed by atoms with van der Waals surface area (Å²) in [6.45, 7) is 3.68. The average molecular weight is 413 g/mol. The van der Waals surface area contributed by atoms with Crippen molar-refractivity contribution >= 4 is 23.8 Å². The fraction of sp³-hybridized carbons (Fsp3) is 0.545. The summed E-state index contributed by atoms with van der Waals surface area (Å²) in [5.74, 6) is -0.731. The van der Waals surface area contributed by atoms with E-state index in [4.69, 9.17) is 4.74 Å². The number of carbonyl (C=O) groups is 4. The van der Waals surface area contributed by atoms with Crippen molar-refractivity contribution in [2.24, 2.45) is 0 Å². The van der Waals surface area contributed by atoms with Crippen molar-refractivity contribution in [3.05, 3.63) is 34.9 Å². The van der Waals surface area contributed by atoms with E-state index < -0.39 is 0 Å². The molecule has 0 radical (unpaired) electrons. The van der Waals surface area contributed by atoms with Gasteiger partial charge in [0.1, 0.15) is 0 Å². The Labute approximate surface area is 175 Å². The Bertz CT molecular complexity index is 870. The second kappa shape index (κ2) is 8.45. The molecule has 0 N–H and O–H groups in total. The highest BCUT2D eigenvalue weighted by Gasteiger charge is 2.40. The molecule has 0 spiro atoms. The number of amides is 4. The van der Waals surface area contributed by atoms with E-state index >= 15 is 0 Å². The first-order valence-corrected chi connectivity index (χ1v) is 10.7. The standard InChI is InChI=1S/C22H27N3O5/c1-2-30-22(29)24-12-10-23(11-13-24)19(26)15-8-9-17-18(14-15)21(28)25(20(17)27)16-6-4-3-5-7-16/h8-9,14,16H,2-7,10-13H2,1H3. The number of carbonyl (C=O) groups excluding carboxylic acids is 4. The topological polar surface area (TPSA) is 87.2 Å². The molecule has 1 aliphatic carbocycles. The first-order chi connectivity index (χ1) is 14.5. The van der Waals surface area contributed by atoms with Gasteiger partial charge in [-0.15, -0.1) is 0 Å². The molecular formula is C22H27N3O5. The SMILES string of the molecule is CCOC(=O)N1CCN(C(=O)c2ccc3c(c2)C(=O)N(C2CCCCC2)C3=O)CC1. The van der Waals surface area contributed by atoms with Crippen LogP contribution in [0.3, 0.4) is 0 Å². The molecule has 2 aliphatic heterocycles. The predicted molar refractivity (Wildman–Crippen MR) is 108 cm³/mol. The summed E-state index contributed by atoms with van der Waals surface area (Å²) in [6.07, 6.45) is 4.53. The molecule has 2 fully saturated rings. The number of imide groups is 1.